The molecule has 0 aliphatic carbocycles. The van der Waals surface area contributed by atoms with Gasteiger partial charge in [0.1, 0.15) is 11.9 Å². The van der Waals surface area contributed by atoms with Gasteiger partial charge in [0.05, 0.1) is 12.7 Å². The van der Waals surface area contributed by atoms with Crippen molar-refractivity contribution in [3.8, 4) is 0 Å². The quantitative estimate of drug-likeness (QED) is 0.606. The van der Waals surface area contributed by atoms with E-state index in [-0.39, 0.29) is 6.10 Å². The third kappa shape index (κ3) is 5.70. The van der Waals surface area contributed by atoms with Gasteiger partial charge < -0.3 is 14.7 Å². The molecule has 0 bridgehead atoms. The summed E-state index contributed by atoms with van der Waals surface area (Å²) in [4.78, 5) is 9.04. The first-order valence-electron chi connectivity index (χ1n) is 11.0. The molecule has 0 radical (unpaired) electrons. The van der Waals surface area contributed by atoms with E-state index in [1.54, 1.807) is 0 Å². The fourth-order valence-corrected chi connectivity index (χ4v) is 4.13. The molecule has 3 aromatic rings. The van der Waals surface area contributed by atoms with E-state index in [4.69, 9.17) is 4.74 Å². The second-order valence-electron chi connectivity index (χ2n) is 8.11. The van der Waals surface area contributed by atoms with Crippen LogP contribution in [-0.4, -0.2) is 60.4 Å². The number of hydrogen-bond acceptors (Lipinski definition) is 5. The molecule has 0 saturated carbocycles. The summed E-state index contributed by atoms with van der Waals surface area (Å²) in [6, 6.07) is 24.5. The van der Waals surface area contributed by atoms with Crippen molar-refractivity contribution >= 4 is 5.82 Å². The van der Waals surface area contributed by atoms with E-state index in [9.17, 15) is 5.11 Å². The third-order valence-electron chi connectivity index (χ3n) is 5.84. The first-order valence-corrected chi connectivity index (χ1v) is 11.0. The summed E-state index contributed by atoms with van der Waals surface area (Å²) in [6.45, 7) is 6.67. The van der Waals surface area contributed by atoms with Crippen molar-refractivity contribution in [3.63, 3.8) is 0 Å². The van der Waals surface area contributed by atoms with Crippen molar-refractivity contribution < 1.29 is 9.84 Å². The lowest BCUT2D eigenvalue weighted by atomic mass is 9.97. The van der Waals surface area contributed by atoms with Gasteiger partial charge in [0, 0.05) is 38.9 Å². The monoisotopic (exact) mass is 417 g/mol. The highest BCUT2D eigenvalue weighted by atomic mass is 16.5. The molecule has 5 nitrogen and oxygen atoms in total. The van der Waals surface area contributed by atoms with Crippen molar-refractivity contribution in [3.05, 3.63) is 95.7 Å². The lowest BCUT2D eigenvalue weighted by Crippen LogP contribution is -2.49. The highest BCUT2D eigenvalue weighted by molar-refractivity contribution is 5.38. The number of aryl methyl sites for hydroxylation is 1. The van der Waals surface area contributed by atoms with E-state index < -0.39 is 6.10 Å². The molecule has 0 amide bonds. The summed E-state index contributed by atoms with van der Waals surface area (Å²) in [5.74, 6) is 1.02. The Hall–Kier alpha value is -2.73. The molecule has 2 aromatic carbocycles. The first-order chi connectivity index (χ1) is 15.2. The lowest BCUT2D eigenvalue weighted by Gasteiger charge is -2.36. The topological polar surface area (TPSA) is 48.8 Å². The molecule has 1 aliphatic heterocycles. The van der Waals surface area contributed by atoms with Crippen LogP contribution in [0.1, 0.15) is 22.8 Å². The molecule has 2 heterocycles. The fraction of sp³-hybridized carbons (Fsp3) is 0.346. The molecule has 4 rings (SSSR count). The van der Waals surface area contributed by atoms with Crippen molar-refractivity contribution in [2.24, 2.45) is 0 Å². The largest absolute Gasteiger partial charge is 0.389 e. The summed E-state index contributed by atoms with van der Waals surface area (Å²) in [5, 5.41) is 10.7. The number of hydrogen-bond donors (Lipinski definition) is 1. The minimum Gasteiger partial charge on any atom is -0.389 e. The Bertz CT molecular complexity index is 928. The van der Waals surface area contributed by atoms with Crippen molar-refractivity contribution in [2.45, 2.75) is 19.1 Å². The first kappa shape index (κ1) is 21.5. The van der Waals surface area contributed by atoms with Crippen LogP contribution in [0.15, 0.2) is 79.0 Å². The maximum atomic E-state index is 10.7. The smallest absolute Gasteiger partial charge is 0.128 e. The second-order valence-corrected chi connectivity index (χ2v) is 8.11. The summed E-state index contributed by atoms with van der Waals surface area (Å²) >= 11 is 0. The fourth-order valence-electron chi connectivity index (χ4n) is 4.13. The number of β-amino-alcohol motifs (C(OH)–C–C–N with tert-alkyl or cyclic N) is 1. The molecular formula is C26H31N3O2. The van der Waals surface area contributed by atoms with Gasteiger partial charge in [-0.05, 0) is 35.7 Å². The molecule has 31 heavy (non-hydrogen) atoms. The van der Waals surface area contributed by atoms with E-state index in [0.29, 0.717) is 13.2 Å². The van der Waals surface area contributed by atoms with Crippen LogP contribution in [0.2, 0.25) is 0 Å². The number of anilines is 1. The molecule has 2 unspecified atom stereocenters. The zero-order chi connectivity index (χ0) is 21.5. The maximum Gasteiger partial charge on any atom is 0.128 e. The van der Waals surface area contributed by atoms with E-state index >= 15 is 0 Å². The highest BCUT2D eigenvalue weighted by Gasteiger charge is 2.22. The number of aliphatic hydroxyl groups is 1. The van der Waals surface area contributed by atoms with Gasteiger partial charge in [-0.3, -0.25) is 4.90 Å². The Labute approximate surface area is 184 Å². The van der Waals surface area contributed by atoms with Gasteiger partial charge >= 0.3 is 0 Å². The Balaban J connectivity index is 1.32. The number of aliphatic hydroxyl groups excluding tert-OH is 1. The Morgan fingerprint density at radius 3 is 2.32 bits per heavy atom. The number of ether oxygens (including phenoxy) is 1. The molecule has 2 atom stereocenters. The zero-order valence-electron chi connectivity index (χ0n) is 18.1. The Morgan fingerprint density at radius 2 is 1.61 bits per heavy atom. The van der Waals surface area contributed by atoms with Gasteiger partial charge in [0.2, 0.25) is 0 Å². The maximum absolute atomic E-state index is 10.7. The van der Waals surface area contributed by atoms with Crippen molar-refractivity contribution in [1.29, 1.82) is 0 Å². The van der Waals surface area contributed by atoms with E-state index in [1.807, 2.05) is 54.7 Å². The molecule has 1 fully saturated rings. The minimum absolute atomic E-state index is 0.182. The van der Waals surface area contributed by atoms with Crippen LogP contribution in [0, 0.1) is 6.92 Å². The van der Waals surface area contributed by atoms with Crippen LogP contribution in [0.5, 0.6) is 0 Å². The van der Waals surface area contributed by atoms with Crippen molar-refractivity contribution in [2.75, 3.05) is 44.2 Å². The Morgan fingerprint density at radius 1 is 0.903 bits per heavy atom. The van der Waals surface area contributed by atoms with Gasteiger partial charge in [0.15, 0.2) is 0 Å². The number of rotatable bonds is 8. The molecule has 1 saturated heterocycles. The van der Waals surface area contributed by atoms with E-state index in [2.05, 4.69) is 46.0 Å². The van der Waals surface area contributed by atoms with E-state index in [1.165, 1.54) is 5.56 Å². The van der Waals surface area contributed by atoms with Crippen LogP contribution in [0.25, 0.3) is 0 Å². The number of aromatic nitrogens is 1. The average Bonchev–Trinajstić information content (AvgIpc) is 2.82. The highest BCUT2D eigenvalue weighted by Crippen LogP contribution is 2.28. The van der Waals surface area contributed by atoms with Crippen molar-refractivity contribution in [1.82, 2.24) is 9.88 Å². The standard InChI is InChI=1S/C26H31N3O2/c1-21-9-5-6-12-24(21)26(22-10-3-2-4-11-22)31-20-23(30)19-28-15-17-29(18-16-28)25-13-7-8-14-27-25/h2-14,23,26,30H,15-20H2,1H3. The van der Waals surface area contributed by atoms with Gasteiger partial charge in [-0.2, -0.15) is 0 Å². The molecule has 5 heteroatoms. The molecule has 0 spiro atoms. The molecule has 1 N–H and O–H groups in total. The molecule has 162 valence electrons. The zero-order valence-corrected chi connectivity index (χ0v) is 18.1. The Kier molecular flexibility index (Phi) is 7.30. The van der Waals surface area contributed by atoms with Gasteiger partial charge in [-0.1, -0.05) is 60.7 Å². The van der Waals surface area contributed by atoms with Crippen LogP contribution in [-0.2, 0) is 4.74 Å². The number of pyridine rings is 1. The molecule has 1 aliphatic rings. The summed E-state index contributed by atoms with van der Waals surface area (Å²) in [7, 11) is 0. The molecular weight excluding hydrogens is 386 g/mol. The van der Waals surface area contributed by atoms with E-state index in [0.717, 1.165) is 43.1 Å². The predicted molar refractivity (Wildman–Crippen MR) is 124 cm³/mol. The summed E-state index contributed by atoms with van der Waals surface area (Å²) in [6.07, 6.45) is 1.12. The summed E-state index contributed by atoms with van der Waals surface area (Å²) in [5.41, 5.74) is 3.44. The number of nitrogens with zero attached hydrogens (tertiary/aromatic N) is 3. The minimum atomic E-state index is -0.531. The van der Waals surface area contributed by atoms with Crippen LogP contribution >= 0.6 is 0 Å². The number of piperazine rings is 1. The van der Waals surface area contributed by atoms with Gasteiger partial charge in [-0.15, -0.1) is 0 Å². The lowest BCUT2D eigenvalue weighted by molar-refractivity contribution is -0.00912. The van der Waals surface area contributed by atoms with Gasteiger partial charge in [-0.25, -0.2) is 4.98 Å². The average molecular weight is 418 g/mol. The summed E-state index contributed by atoms with van der Waals surface area (Å²) < 4.78 is 6.29. The normalized spacial score (nSPS) is 16.8. The second kappa shape index (κ2) is 10.5. The SMILES string of the molecule is Cc1ccccc1C(OCC(O)CN1CCN(c2ccccn2)CC1)c1ccccc1. The predicted octanol–water partition coefficient (Wildman–Crippen LogP) is 3.68. The van der Waals surface area contributed by atoms with Crippen LogP contribution in [0.4, 0.5) is 5.82 Å². The van der Waals surface area contributed by atoms with Gasteiger partial charge in [0.25, 0.3) is 0 Å². The van der Waals surface area contributed by atoms with Crippen LogP contribution in [0.3, 0.4) is 0 Å². The third-order valence-corrected chi connectivity index (χ3v) is 5.84. The van der Waals surface area contributed by atoms with Crippen LogP contribution < -0.4 is 4.90 Å². The number of benzene rings is 2. The molecule has 1 aromatic heterocycles.